The van der Waals surface area contributed by atoms with Crippen molar-refractivity contribution in [2.75, 3.05) is 0 Å². The maximum absolute atomic E-state index is 5.27. The minimum atomic E-state index is 0.593. The van der Waals surface area contributed by atoms with E-state index in [1.165, 1.54) is 19.3 Å². The summed E-state index contributed by atoms with van der Waals surface area (Å²) in [6.45, 7) is 2.25. The molecule has 0 aromatic heterocycles. The van der Waals surface area contributed by atoms with Gasteiger partial charge in [-0.1, -0.05) is 13.3 Å². The summed E-state index contributed by atoms with van der Waals surface area (Å²) >= 11 is 0. The van der Waals surface area contributed by atoms with Crippen molar-refractivity contribution in [3.8, 4) is 12.3 Å². The lowest BCUT2D eigenvalue weighted by atomic mass is 10.00. The first-order valence-electron chi connectivity index (χ1n) is 3.30. The van der Waals surface area contributed by atoms with E-state index in [0.717, 1.165) is 5.92 Å². The van der Waals surface area contributed by atoms with Gasteiger partial charge in [-0.3, -0.25) is 0 Å². The van der Waals surface area contributed by atoms with Crippen molar-refractivity contribution in [2.45, 2.75) is 26.2 Å². The Balaban J connectivity index is 2.45. The zero-order valence-electron chi connectivity index (χ0n) is 5.35. The first kappa shape index (κ1) is 5.69. The predicted molar refractivity (Wildman–Crippen MR) is 35.3 cm³/mol. The summed E-state index contributed by atoms with van der Waals surface area (Å²) in [5.41, 5.74) is 0. The van der Waals surface area contributed by atoms with Gasteiger partial charge in [-0.05, 0) is 18.8 Å². The van der Waals surface area contributed by atoms with Gasteiger partial charge in [0.2, 0.25) is 0 Å². The average molecular weight is 108 g/mol. The largest absolute Gasteiger partial charge is 0.120 e. The molecule has 44 valence electrons. The van der Waals surface area contributed by atoms with Crippen molar-refractivity contribution in [2.24, 2.45) is 11.8 Å². The molecule has 0 spiro atoms. The van der Waals surface area contributed by atoms with Crippen LogP contribution in [0.25, 0.3) is 0 Å². The molecule has 0 saturated heterocycles. The molecular weight excluding hydrogens is 96.1 g/mol. The summed E-state index contributed by atoms with van der Waals surface area (Å²) in [6, 6.07) is 0. The van der Waals surface area contributed by atoms with Crippen molar-refractivity contribution in [3.05, 3.63) is 0 Å². The molecule has 0 bridgehead atoms. The van der Waals surface area contributed by atoms with Gasteiger partial charge >= 0.3 is 0 Å². The highest BCUT2D eigenvalue weighted by atomic mass is 14.2. The van der Waals surface area contributed by atoms with E-state index >= 15 is 0 Å². The maximum atomic E-state index is 5.27. The quantitative estimate of drug-likeness (QED) is 0.417. The van der Waals surface area contributed by atoms with Crippen molar-refractivity contribution in [1.82, 2.24) is 0 Å². The molecule has 8 heavy (non-hydrogen) atoms. The summed E-state index contributed by atoms with van der Waals surface area (Å²) in [6.07, 6.45) is 9.22. The van der Waals surface area contributed by atoms with Gasteiger partial charge in [0.05, 0.1) is 0 Å². The third-order valence-corrected chi connectivity index (χ3v) is 2.08. The second-order valence-corrected chi connectivity index (χ2v) is 2.68. The monoisotopic (exact) mass is 108 g/mol. The molecule has 2 unspecified atom stereocenters. The smallest absolute Gasteiger partial charge is 0.0225 e. The van der Waals surface area contributed by atoms with Crippen LogP contribution >= 0.6 is 0 Å². The zero-order valence-corrected chi connectivity index (χ0v) is 5.35. The Kier molecular flexibility index (Phi) is 1.58. The topological polar surface area (TPSA) is 0 Å². The van der Waals surface area contributed by atoms with E-state index in [1.54, 1.807) is 0 Å². The van der Waals surface area contributed by atoms with Crippen LogP contribution in [-0.4, -0.2) is 0 Å². The first-order valence-corrected chi connectivity index (χ1v) is 3.30. The molecule has 1 fully saturated rings. The van der Waals surface area contributed by atoms with Crippen molar-refractivity contribution < 1.29 is 0 Å². The van der Waals surface area contributed by atoms with E-state index in [4.69, 9.17) is 6.42 Å². The highest BCUT2D eigenvalue weighted by Crippen LogP contribution is 2.29. The summed E-state index contributed by atoms with van der Waals surface area (Å²) in [4.78, 5) is 0. The Morgan fingerprint density at radius 2 is 2.25 bits per heavy atom. The minimum Gasteiger partial charge on any atom is -0.120 e. The molecule has 2 atom stereocenters. The second kappa shape index (κ2) is 2.22. The Hall–Kier alpha value is -0.440. The fourth-order valence-corrected chi connectivity index (χ4v) is 1.39. The number of rotatable bonds is 0. The van der Waals surface area contributed by atoms with Crippen molar-refractivity contribution >= 4 is 0 Å². The van der Waals surface area contributed by atoms with Gasteiger partial charge in [0.25, 0.3) is 0 Å². The molecular formula is C8H12. The van der Waals surface area contributed by atoms with E-state index in [1.807, 2.05) is 0 Å². The van der Waals surface area contributed by atoms with Crippen molar-refractivity contribution in [3.63, 3.8) is 0 Å². The van der Waals surface area contributed by atoms with Crippen molar-refractivity contribution in [1.29, 1.82) is 0 Å². The summed E-state index contributed by atoms with van der Waals surface area (Å²) in [5.74, 6) is 4.20. The molecule has 0 radical (unpaired) electrons. The van der Waals surface area contributed by atoms with Crippen LogP contribution < -0.4 is 0 Å². The molecule has 1 saturated carbocycles. The molecule has 0 aliphatic heterocycles. The molecule has 0 aromatic carbocycles. The van der Waals surface area contributed by atoms with Crippen LogP contribution in [0.15, 0.2) is 0 Å². The minimum absolute atomic E-state index is 0.593. The molecule has 0 heteroatoms. The maximum Gasteiger partial charge on any atom is 0.0225 e. The first-order chi connectivity index (χ1) is 3.84. The fourth-order valence-electron chi connectivity index (χ4n) is 1.39. The van der Waals surface area contributed by atoms with E-state index in [9.17, 15) is 0 Å². The molecule has 0 nitrogen and oxygen atoms in total. The van der Waals surface area contributed by atoms with E-state index in [0.29, 0.717) is 5.92 Å². The normalized spacial score (nSPS) is 37.0. The predicted octanol–water partition coefficient (Wildman–Crippen LogP) is 2.06. The van der Waals surface area contributed by atoms with Crippen LogP contribution in [0.4, 0.5) is 0 Å². The van der Waals surface area contributed by atoms with E-state index in [-0.39, 0.29) is 0 Å². The highest BCUT2D eigenvalue weighted by molar-refractivity contribution is 4.97. The van der Waals surface area contributed by atoms with Crippen LogP contribution in [0.1, 0.15) is 26.2 Å². The van der Waals surface area contributed by atoms with Gasteiger partial charge in [0.15, 0.2) is 0 Å². The van der Waals surface area contributed by atoms with Gasteiger partial charge in [-0.15, -0.1) is 12.3 Å². The molecule has 1 aliphatic rings. The van der Waals surface area contributed by atoms with E-state index < -0.39 is 0 Å². The van der Waals surface area contributed by atoms with Gasteiger partial charge < -0.3 is 0 Å². The molecule has 0 aromatic rings. The van der Waals surface area contributed by atoms with Crippen LogP contribution in [0.2, 0.25) is 0 Å². The highest BCUT2D eigenvalue weighted by Gasteiger charge is 2.20. The molecule has 0 N–H and O–H groups in total. The van der Waals surface area contributed by atoms with Gasteiger partial charge in [-0.25, -0.2) is 0 Å². The third kappa shape index (κ3) is 0.865. The zero-order chi connectivity index (χ0) is 5.98. The fraction of sp³-hybridized carbons (Fsp3) is 0.750. The lowest BCUT2D eigenvalue weighted by Gasteiger charge is -2.04. The average Bonchev–Trinajstić information content (AvgIpc) is 2.14. The molecule has 1 aliphatic carbocycles. The summed E-state index contributed by atoms with van der Waals surface area (Å²) < 4.78 is 0. The van der Waals surface area contributed by atoms with Gasteiger partial charge in [0, 0.05) is 5.92 Å². The second-order valence-electron chi connectivity index (χ2n) is 2.68. The summed E-state index contributed by atoms with van der Waals surface area (Å²) in [7, 11) is 0. The van der Waals surface area contributed by atoms with Crippen LogP contribution in [-0.2, 0) is 0 Å². The number of hydrogen-bond donors (Lipinski definition) is 0. The lowest BCUT2D eigenvalue weighted by Crippen LogP contribution is -1.98. The number of hydrogen-bond acceptors (Lipinski definition) is 0. The molecule has 0 heterocycles. The van der Waals surface area contributed by atoms with Crippen LogP contribution in [0.5, 0.6) is 0 Å². The van der Waals surface area contributed by atoms with Crippen LogP contribution in [0.3, 0.4) is 0 Å². The van der Waals surface area contributed by atoms with Crippen LogP contribution in [0, 0.1) is 24.2 Å². The van der Waals surface area contributed by atoms with Gasteiger partial charge in [-0.2, -0.15) is 0 Å². The molecule has 1 rings (SSSR count). The molecule has 0 amide bonds. The lowest BCUT2D eigenvalue weighted by molar-refractivity contribution is 0.519. The Morgan fingerprint density at radius 3 is 2.50 bits per heavy atom. The Morgan fingerprint density at radius 1 is 1.50 bits per heavy atom. The van der Waals surface area contributed by atoms with E-state index in [2.05, 4.69) is 12.8 Å². The summed E-state index contributed by atoms with van der Waals surface area (Å²) in [5, 5.41) is 0. The Bertz CT molecular complexity index is 108. The standard InChI is InChI=1S/C8H12/c1-3-8-6-4-5-7(8)2/h1,7-8H,4-6H2,2H3. The number of terminal acetylenes is 1. The SMILES string of the molecule is C#CC1CCCC1C. The Labute approximate surface area is 51.3 Å². The third-order valence-electron chi connectivity index (χ3n) is 2.08. The van der Waals surface area contributed by atoms with Gasteiger partial charge in [0.1, 0.15) is 0 Å².